The minimum atomic E-state index is -0.414. The first-order valence-electron chi connectivity index (χ1n) is 7.84. The smallest absolute Gasteiger partial charge is 0.261 e. The van der Waals surface area contributed by atoms with E-state index in [-0.39, 0.29) is 5.57 Å². The normalized spacial score (nSPS) is 10.7. The quantitative estimate of drug-likeness (QED) is 0.623. The second kappa shape index (κ2) is 9.14. The SMILES string of the molecule is COc1ccc(OC)c(/C=C(\C#N)C(=O)NCCc2ccccc2)c1. The van der Waals surface area contributed by atoms with Crippen molar-refractivity contribution in [1.82, 2.24) is 5.32 Å². The van der Waals surface area contributed by atoms with Gasteiger partial charge in [-0.3, -0.25) is 4.79 Å². The molecule has 128 valence electrons. The molecule has 0 spiro atoms. The van der Waals surface area contributed by atoms with Crippen molar-refractivity contribution in [2.45, 2.75) is 6.42 Å². The van der Waals surface area contributed by atoms with Crippen LogP contribution < -0.4 is 14.8 Å². The van der Waals surface area contributed by atoms with Crippen LogP contribution in [0, 0.1) is 11.3 Å². The van der Waals surface area contributed by atoms with Crippen molar-refractivity contribution in [3.8, 4) is 17.6 Å². The minimum Gasteiger partial charge on any atom is -0.497 e. The molecule has 1 amide bonds. The van der Waals surface area contributed by atoms with E-state index < -0.39 is 5.91 Å². The largest absolute Gasteiger partial charge is 0.497 e. The Kier molecular flexibility index (Phi) is 6.61. The predicted molar refractivity (Wildman–Crippen MR) is 96.3 cm³/mol. The van der Waals surface area contributed by atoms with Crippen LogP contribution in [0.2, 0.25) is 0 Å². The summed E-state index contributed by atoms with van der Waals surface area (Å²) in [5, 5.41) is 12.1. The first-order valence-corrected chi connectivity index (χ1v) is 7.84. The highest BCUT2D eigenvalue weighted by molar-refractivity contribution is 6.02. The Balaban J connectivity index is 2.09. The molecule has 2 aromatic carbocycles. The molecule has 0 atom stereocenters. The maximum atomic E-state index is 12.2. The lowest BCUT2D eigenvalue weighted by Gasteiger charge is -2.08. The van der Waals surface area contributed by atoms with Gasteiger partial charge in [0.15, 0.2) is 0 Å². The first-order chi connectivity index (χ1) is 12.2. The third kappa shape index (κ3) is 5.11. The maximum Gasteiger partial charge on any atom is 0.261 e. The van der Waals surface area contributed by atoms with Gasteiger partial charge in [0, 0.05) is 12.1 Å². The second-order valence-electron chi connectivity index (χ2n) is 5.27. The molecule has 25 heavy (non-hydrogen) atoms. The van der Waals surface area contributed by atoms with Crippen LogP contribution in [0.4, 0.5) is 0 Å². The summed E-state index contributed by atoms with van der Waals surface area (Å²) in [5.41, 5.74) is 1.75. The van der Waals surface area contributed by atoms with Crippen molar-refractivity contribution in [3.63, 3.8) is 0 Å². The third-order valence-corrected chi connectivity index (χ3v) is 3.64. The van der Waals surface area contributed by atoms with Gasteiger partial charge in [0.25, 0.3) is 5.91 Å². The van der Waals surface area contributed by atoms with Crippen LogP contribution in [0.25, 0.3) is 6.08 Å². The van der Waals surface area contributed by atoms with Gasteiger partial charge in [-0.1, -0.05) is 30.3 Å². The Labute approximate surface area is 147 Å². The summed E-state index contributed by atoms with van der Waals surface area (Å²) in [6.07, 6.45) is 2.20. The average molecular weight is 336 g/mol. The van der Waals surface area contributed by atoms with E-state index in [9.17, 15) is 10.1 Å². The van der Waals surface area contributed by atoms with Gasteiger partial charge in [0.1, 0.15) is 23.1 Å². The molecule has 5 nitrogen and oxygen atoms in total. The van der Waals surface area contributed by atoms with Crippen LogP contribution in [-0.2, 0) is 11.2 Å². The summed E-state index contributed by atoms with van der Waals surface area (Å²) in [5.74, 6) is 0.766. The molecule has 5 heteroatoms. The van der Waals surface area contributed by atoms with Gasteiger partial charge in [-0.25, -0.2) is 0 Å². The number of amides is 1. The van der Waals surface area contributed by atoms with Crippen molar-refractivity contribution in [2.24, 2.45) is 0 Å². The van der Waals surface area contributed by atoms with Gasteiger partial charge in [0.2, 0.25) is 0 Å². The molecule has 0 aliphatic heterocycles. The fourth-order valence-corrected chi connectivity index (χ4v) is 2.32. The standard InChI is InChI=1S/C20H20N2O3/c1-24-18-8-9-19(25-2)16(13-18)12-17(14-21)20(23)22-11-10-15-6-4-3-5-7-15/h3-9,12-13H,10-11H2,1-2H3,(H,22,23)/b17-12+. The molecule has 0 fully saturated rings. The van der Waals surface area contributed by atoms with E-state index in [0.717, 1.165) is 5.56 Å². The molecule has 0 aliphatic carbocycles. The van der Waals surface area contributed by atoms with Crippen LogP contribution in [0.15, 0.2) is 54.1 Å². The van der Waals surface area contributed by atoms with Crippen LogP contribution in [0.1, 0.15) is 11.1 Å². The molecule has 2 rings (SSSR count). The Morgan fingerprint density at radius 3 is 2.56 bits per heavy atom. The highest BCUT2D eigenvalue weighted by Gasteiger charge is 2.11. The number of carbonyl (C=O) groups is 1. The van der Waals surface area contributed by atoms with Gasteiger partial charge in [0.05, 0.1) is 14.2 Å². The zero-order valence-corrected chi connectivity index (χ0v) is 14.3. The van der Waals surface area contributed by atoms with Crippen molar-refractivity contribution in [1.29, 1.82) is 5.26 Å². The van der Waals surface area contributed by atoms with Gasteiger partial charge in [-0.15, -0.1) is 0 Å². The fraction of sp³-hybridized carbons (Fsp3) is 0.200. The summed E-state index contributed by atoms with van der Waals surface area (Å²) in [4.78, 5) is 12.2. The number of carbonyl (C=O) groups excluding carboxylic acids is 1. The van der Waals surface area contributed by atoms with Crippen molar-refractivity contribution in [2.75, 3.05) is 20.8 Å². The summed E-state index contributed by atoms with van der Waals surface area (Å²) < 4.78 is 10.4. The molecular weight excluding hydrogens is 316 g/mol. The molecule has 0 aliphatic rings. The number of benzene rings is 2. The van der Waals surface area contributed by atoms with E-state index in [1.807, 2.05) is 36.4 Å². The summed E-state index contributed by atoms with van der Waals surface area (Å²) >= 11 is 0. The third-order valence-electron chi connectivity index (χ3n) is 3.64. The number of hydrogen-bond acceptors (Lipinski definition) is 4. The maximum absolute atomic E-state index is 12.2. The van der Waals surface area contributed by atoms with Gasteiger partial charge in [-0.2, -0.15) is 5.26 Å². The van der Waals surface area contributed by atoms with E-state index in [0.29, 0.717) is 30.0 Å². The Morgan fingerprint density at radius 2 is 1.92 bits per heavy atom. The Morgan fingerprint density at radius 1 is 1.16 bits per heavy atom. The zero-order chi connectivity index (χ0) is 18.1. The molecule has 0 unspecified atom stereocenters. The Bertz CT molecular complexity index is 792. The van der Waals surface area contributed by atoms with Crippen LogP contribution in [0.3, 0.4) is 0 Å². The van der Waals surface area contributed by atoms with E-state index in [2.05, 4.69) is 5.32 Å². The van der Waals surface area contributed by atoms with Crippen LogP contribution in [-0.4, -0.2) is 26.7 Å². The number of nitriles is 1. The van der Waals surface area contributed by atoms with Crippen molar-refractivity contribution < 1.29 is 14.3 Å². The lowest BCUT2D eigenvalue weighted by molar-refractivity contribution is -0.117. The average Bonchev–Trinajstić information content (AvgIpc) is 2.66. The van der Waals surface area contributed by atoms with E-state index in [1.165, 1.54) is 13.2 Å². The number of nitrogens with one attached hydrogen (secondary N) is 1. The molecule has 2 aromatic rings. The number of hydrogen-bond donors (Lipinski definition) is 1. The summed E-state index contributed by atoms with van der Waals surface area (Å²) in [6, 6.07) is 17.0. The highest BCUT2D eigenvalue weighted by atomic mass is 16.5. The minimum absolute atomic E-state index is 0.0135. The topological polar surface area (TPSA) is 71.3 Å². The highest BCUT2D eigenvalue weighted by Crippen LogP contribution is 2.26. The second-order valence-corrected chi connectivity index (χ2v) is 5.27. The predicted octanol–water partition coefficient (Wildman–Crippen LogP) is 2.97. The van der Waals surface area contributed by atoms with Gasteiger partial charge in [-0.05, 0) is 36.3 Å². The van der Waals surface area contributed by atoms with Gasteiger partial charge < -0.3 is 14.8 Å². The van der Waals surface area contributed by atoms with Crippen LogP contribution >= 0.6 is 0 Å². The van der Waals surface area contributed by atoms with Crippen molar-refractivity contribution >= 4 is 12.0 Å². The number of ether oxygens (including phenoxy) is 2. The molecule has 0 aromatic heterocycles. The molecule has 0 saturated heterocycles. The number of nitrogens with zero attached hydrogens (tertiary/aromatic N) is 1. The van der Waals surface area contributed by atoms with E-state index >= 15 is 0 Å². The van der Waals surface area contributed by atoms with Gasteiger partial charge >= 0.3 is 0 Å². The van der Waals surface area contributed by atoms with E-state index in [1.54, 1.807) is 25.3 Å². The summed E-state index contributed by atoms with van der Waals surface area (Å²) in [6.45, 7) is 0.455. The molecule has 0 heterocycles. The molecule has 0 saturated carbocycles. The first kappa shape index (κ1) is 18.1. The molecule has 1 N–H and O–H groups in total. The van der Waals surface area contributed by atoms with E-state index in [4.69, 9.17) is 9.47 Å². The van der Waals surface area contributed by atoms with Crippen molar-refractivity contribution in [3.05, 3.63) is 65.2 Å². The zero-order valence-electron chi connectivity index (χ0n) is 14.3. The molecule has 0 radical (unpaired) electrons. The number of methoxy groups -OCH3 is 2. The summed E-state index contributed by atoms with van der Waals surface area (Å²) in [7, 11) is 3.09. The fourth-order valence-electron chi connectivity index (χ4n) is 2.32. The molecular formula is C20H20N2O3. The monoisotopic (exact) mass is 336 g/mol. The molecule has 0 bridgehead atoms. The lowest BCUT2D eigenvalue weighted by Crippen LogP contribution is -2.26. The van der Waals surface area contributed by atoms with Crippen LogP contribution in [0.5, 0.6) is 11.5 Å². The Hall–Kier alpha value is -3.26. The lowest BCUT2D eigenvalue weighted by atomic mass is 10.1. The number of rotatable bonds is 7.